The highest BCUT2D eigenvalue weighted by atomic mass is 32.2. The van der Waals surface area contributed by atoms with Gasteiger partial charge in [0.2, 0.25) is 0 Å². The first-order valence-electron chi connectivity index (χ1n) is 8.47. The average Bonchev–Trinajstić information content (AvgIpc) is 3.03. The van der Waals surface area contributed by atoms with E-state index in [2.05, 4.69) is 14.8 Å². The summed E-state index contributed by atoms with van der Waals surface area (Å²) in [6, 6.07) is 5.47. The number of ether oxygens (including phenoxy) is 2. The molecule has 1 aromatic rings. The summed E-state index contributed by atoms with van der Waals surface area (Å²) in [6.45, 7) is 4.18. The zero-order valence-corrected chi connectivity index (χ0v) is 15.8. The minimum atomic E-state index is -0.229. The zero-order valence-electron chi connectivity index (χ0n) is 15.0. The van der Waals surface area contributed by atoms with Crippen LogP contribution in [0.25, 0.3) is 6.08 Å². The molecule has 1 amide bonds. The number of benzene rings is 1. The normalized spacial score (nSPS) is 19.8. The molecule has 0 bridgehead atoms. The number of amidine groups is 1. The Morgan fingerprint density at radius 2 is 2.00 bits per heavy atom. The number of hydrogen-bond donors (Lipinski definition) is 1. The lowest BCUT2D eigenvalue weighted by molar-refractivity contribution is -0.113. The van der Waals surface area contributed by atoms with Crippen molar-refractivity contribution in [1.82, 2.24) is 9.80 Å². The molecule has 26 heavy (non-hydrogen) atoms. The van der Waals surface area contributed by atoms with Crippen LogP contribution in [0.15, 0.2) is 28.1 Å². The average molecular weight is 377 g/mol. The SMILES string of the molecule is COc1ccc(OC)c(/C=C2/SC(N3CCN(CCO)CC3)=NC2=O)c1. The Hall–Kier alpha value is -2.03. The first-order valence-corrected chi connectivity index (χ1v) is 9.29. The van der Waals surface area contributed by atoms with Crippen LogP contribution in [0.5, 0.6) is 11.5 Å². The Balaban J connectivity index is 1.71. The number of aliphatic imine (C=N–C) groups is 1. The number of nitrogens with zero attached hydrogens (tertiary/aromatic N) is 3. The van der Waals surface area contributed by atoms with Crippen LogP contribution in [-0.2, 0) is 4.79 Å². The summed E-state index contributed by atoms with van der Waals surface area (Å²) in [5, 5.41) is 9.77. The second kappa shape index (κ2) is 8.57. The lowest BCUT2D eigenvalue weighted by Gasteiger charge is -2.34. The van der Waals surface area contributed by atoms with E-state index in [0.29, 0.717) is 22.9 Å². The smallest absolute Gasteiger partial charge is 0.286 e. The highest BCUT2D eigenvalue weighted by Crippen LogP contribution is 2.33. The number of β-amino-alcohol motifs (C(OH)–C–C–N with tert-alkyl or cyclic N) is 1. The Bertz CT molecular complexity index is 727. The molecule has 2 aliphatic rings. The van der Waals surface area contributed by atoms with E-state index in [1.165, 1.54) is 11.8 Å². The molecule has 7 nitrogen and oxygen atoms in total. The molecule has 0 spiro atoms. The van der Waals surface area contributed by atoms with Crippen LogP contribution >= 0.6 is 11.8 Å². The number of methoxy groups -OCH3 is 2. The fourth-order valence-electron chi connectivity index (χ4n) is 2.93. The Morgan fingerprint density at radius 3 is 2.65 bits per heavy atom. The first kappa shape index (κ1) is 18.8. The van der Waals surface area contributed by atoms with E-state index < -0.39 is 0 Å². The predicted octanol–water partition coefficient (Wildman–Crippen LogP) is 1.28. The highest BCUT2D eigenvalue weighted by molar-refractivity contribution is 8.18. The van der Waals surface area contributed by atoms with E-state index in [9.17, 15) is 4.79 Å². The number of aliphatic hydroxyl groups is 1. The molecule has 3 rings (SSSR count). The van der Waals surface area contributed by atoms with E-state index in [1.54, 1.807) is 20.3 Å². The Kier molecular flexibility index (Phi) is 6.18. The van der Waals surface area contributed by atoms with Crippen LogP contribution < -0.4 is 9.47 Å². The van der Waals surface area contributed by atoms with E-state index in [0.717, 1.165) is 36.9 Å². The molecule has 0 aliphatic carbocycles. The summed E-state index contributed by atoms with van der Waals surface area (Å²) in [5.41, 5.74) is 0.784. The van der Waals surface area contributed by atoms with Gasteiger partial charge in [0.25, 0.3) is 5.91 Å². The van der Waals surface area contributed by atoms with Gasteiger partial charge in [0.15, 0.2) is 5.17 Å². The van der Waals surface area contributed by atoms with Crippen LogP contribution in [0.2, 0.25) is 0 Å². The number of hydrogen-bond acceptors (Lipinski definition) is 7. The molecule has 0 radical (unpaired) electrons. The second-order valence-corrected chi connectivity index (χ2v) is 6.98. The van der Waals surface area contributed by atoms with Crippen LogP contribution in [0, 0.1) is 0 Å². The first-order chi connectivity index (χ1) is 12.6. The van der Waals surface area contributed by atoms with Gasteiger partial charge in [0.1, 0.15) is 11.5 Å². The largest absolute Gasteiger partial charge is 0.497 e. The van der Waals surface area contributed by atoms with Crippen LogP contribution in [-0.4, -0.2) is 79.5 Å². The molecule has 1 saturated heterocycles. The van der Waals surface area contributed by atoms with Gasteiger partial charge in [-0.1, -0.05) is 0 Å². The molecule has 0 atom stereocenters. The number of amides is 1. The minimum Gasteiger partial charge on any atom is -0.497 e. The monoisotopic (exact) mass is 377 g/mol. The van der Waals surface area contributed by atoms with Gasteiger partial charge in [-0.15, -0.1) is 0 Å². The maximum absolute atomic E-state index is 12.3. The predicted molar refractivity (Wildman–Crippen MR) is 103 cm³/mol. The zero-order chi connectivity index (χ0) is 18.5. The third-order valence-corrected chi connectivity index (χ3v) is 5.44. The van der Waals surface area contributed by atoms with Gasteiger partial charge in [-0.3, -0.25) is 9.69 Å². The number of carbonyl (C=O) groups excluding carboxylic acids is 1. The van der Waals surface area contributed by atoms with Crippen LogP contribution in [0.3, 0.4) is 0 Å². The fourth-order valence-corrected chi connectivity index (χ4v) is 3.89. The molecule has 2 aliphatic heterocycles. The van der Waals surface area contributed by atoms with E-state index in [-0.39, 0.29) is 12.5 Å². The maximum Gasteiger partial charge on any atom is 0.286 e. The van der Waals surface area contributed by atoms with Crippen molar-refractivity contribution in [1.29, 1.82) is 0 Å². The van der Waals surface area contributed by atoms with Gasteiger partial charge in [-0.2, -0.15) is 4.99 Å². The van der Waals surface area contributed by atoms with Crippen molar-refractivity contribution in [3.63, 3.8) is 0 Å². The van der Waals surface area contributed by atoms with Gasteiger partial charge >= 0.3 is 0 Å². The second-order valence-electron chi connectivity index (χ2n) is 5.97. The lowest BCUT2D eigenvalue weighted by atomic mass is 10.1. The molecule has 1 N–H and O–H groups in total. The minimum absolute atomic E-state index is 0.170. The molecule has 140 valence electrons. The molecular weight excluding hydrogens is 354 g/mol. The third kappa shape index (κ3) is 4.20. The van der Waals surface area contributed by atoms with Crippen molar-refractivity contribution < 1.29 is 19.4 Å². The van der Waals surface area contributed by atoms with Gasteiger partial charge in [0.05, 0.1) is 25.7 Å². The van der Waals surface area contributed by atoms with Crippen molar-refractivity contribution >= 4 is 28.9 Å². The summed E-state index contributed by atoms with van der Waals surface area (Å²) in [7, 11) is 3.20. The molecule has 1 fully saturated rings. The number of thioether (sulfide) groups is 1. The van der Waals surface area contributed by atoms with E-state index in [1.807, 2.05) is 18.2 Å². The van der Waals surface area contributed by atoms with Gasteiger partial charge < -0.3 is 19.5 Å². The van der Waals surface area contributed by atoms with Gasteiger partial charge in [-0.05, 0) is 36.0 Å². The summed E-state index contributed by atoms with van der Waals surface area (Å²) in [5.74, 6) is 1.15. The molecule has 0 aromatic heterocycles. The quantitative estimate of drug-likeness (QED) is 0.775. The maximum atomic E-state index is 12.3. The number of carbonyl (C=O) groups is 1. The van der Waals surface area contributed by atoms with Crippen molar-refractivity contribution in [3.8, 4) is 11.5 Å². The number of aliphatic hydroxyl groups excluding tert-OH is 1. The van der Waals surface area contributed by atoms with Crippen molar-refractivity contribution in [2.45, 2.75) is 0 Å². The van der Waals surface area contributed by atoms with Crippen molar-refractivity contribution in [3.05, 3.63) is 28.7 Å². The molecule has 2 heterocycles. The van der Waals surface area contributed by atoms with E-state index >= 15 is 0 Å². The van der Waals surface area contributed by atoms with E-state index in [4.69, 9.17) is 14.6 Å². The number of piperazine rings is 1. The molecular formula is C18H23N3O4S. The van der Waals surface area contributed by atoms with Crippen molar-refractivity contribution in [2.75, 3.05) is 53.6 Å². The van der Waals surface area contributed by atoms with Gasteiger partial charge in [-0.25, -0.2) is 0 Å². The van der Waals surface area contributed by atoms with Crippen LogP contribution in [0.4, 0.5) is 0 Å². The lowest BCUT2D eigenvalue weighted by Crippen LogP contribution is -2.48. The number of rotatable bonds is 5. The van der Waals surface area contributed by atoms with Crippen molar-refractivity contribution in [2.24, 2.45) is 4.99 Å². The molecule has 0 saturated carbocycles. The molecule has 1 aromatic carbocycles. The standard InChI is InChI=1S/C18H23N3O4S/c1-24-14-3-4-15(25-2)13(11-14)12-16-17(23)19-18(26-16)21-7-5-20(6-8-21)9-10-22/h3-4,11-12,22H,5-10H2,1-2H3/b16-12+. The van der Waals surface area contributed by atoms with Gasteiger partial charge in [0, 0.05) is 38.3 Å². The summed E-state index contributed by atoms with van der Waals surface area (Å²) in [6.07, 6.45) is 1.80. The Morgan fingerprint density at radius 1 is 1.23 bits per heavy atom. The fraction of sp³-hybridized carbons (Fsp3) is 0.444. The third-order valence-electron chi connectivity index (χ3n) is 4.39. The summed E-state index contributed by atoms with van der Waals surface area (Å²) >= 11 is 1.39. The van der Waals surface area contributed by atoms with Crippen LogP contribution in [0.1, 0.15) is 5.56 Å². The summed E-state index contributed by atoms with van der Waals surface area (Å²) < 4.78 is 10.6. The molecule has 8 heteroatoms. The summed E-state index contributed by atoms with van der Waals surface area (Å²) in [4.78, 5) is 21.5. The topological polar surface area (TPSA) is 74.6 Å². The molecule has 0 unspecified atom stereocenters. The Labute approximate surface area is 157 Å². The highest BCUT2D eigenvalue weighted by Gasteiger charge is 2.28.